The van der Waals surface area contributed by atoms with Crippen LogP contribution >= 0.6 is 0 Å². The Balaban J connectivity index is 1.68. The molecule has 0 radical (unpaired) electrons. The van der Waals surface area contributed by atoms with Gasteiger partial charge in [0.05, 0.1) is 11.1 Å². The number of nitrogens with one attached hydrogen (secondary N) is 1. The van der Waals surface area contributed by atoms with Gasteiger partial charge in [0.15, 0.2) is 9.84 Å². The molecule has 24 heavy (non-hydrogen) atoms. The minimum Gasteiger partial charge on any atom is -0.400 e. The number of anilines is 1. The van der Waals surface area contributed by atoms with E-state index in [1.807, 2.05) is 0 Å². The van der Waals surface area contributed by atoms with Crippen molar-refractivity contribution in [2.24, 2.45) is 0 Å². The molecule has 2 aromatic heterocycles. The molecule has 0 atom stereocenters. The Morgan fingerprint density at radius 2 is 1.92 bits per heavy atom. The van der Waals surface area contributed by atoms with E-state index in [1.54, 1.807) is 0 Å². The Morgan fingerprint density at radius 1 is 1.17 bits per heavy atom. The van der Waals surface area contributed by atoms with Gasteiger partial charge in [-0.15, -0.1) is 5.10 Å². The van der Waals surface area contributed by atoms with Gasteiger partial charge in [0.25, 0.3) is 5.89 Å². The van der Waals surface area contributed by atoms with Gasteiger partial charge in [-0.05, 0) is 24.3 Å². The molecule has 0 spiro atoms. The first kappa shape index (κ1) is 15.8. The fraction of sp³-hybridized carbons (Fsp3) is 0.0769. The number of carbonyl (C=O) groups excluding carboxylic acids is 1. The third-order valence-corrected chi connectivity index (χ3v) is 4.45. The van der Waals surface area contributed by atoms with Crippen molar-refractivity contribution in [1.82, 2.24) is 15.4 Å². The number of nitrogens with zero attached hydrogens (tertiary/aromatic N) is 3. The number of aromatic nitrogens is 3. The van der Waals surface area contributed by atoms with Gasteiger partial charge in [-0.25, -0.2) is 12.8 Å². The van der Waals surface area contributed by atoms with E-state index in [1.165, 1.54) is 12.3 Å². The van der Waals surface area contributed by atoms with Crippen LogP contribution in [-0.2, 0) is 14.6 Å². The van der Waals surface area contributed by atoms with Crippen molar-refractivity contribution in [2.45, 2.75) is 4.90 Å². The van der Waals surface area contributed by atoms with Gasteiger partial charge in [-0.3, -0.25) is 10.1 Å². The molecule has 0 unspecified atom stereocenters. The molecule has 124 valence electrons. The lowest BCUT2D eigenvalue weighted by molar-refractivity contribution is -0.114. The van der Waals surface area contributed by atoms with Crippen molar-refractivity contribution in [3.8, 4) is 11.7 Å². The monoisotopic (exact) mass is 352 g/mol. The van der Waals surface area contributed by atoms with Crippen LogP contribution in [-0.4, -0.2) is 35.4 Å². The molecule has 1 aromatic carbocycles. The van der Waals surface area contributed by atoms with Crippen LogP contribution in [0, 0.1) is 5.82 Å². The van der Waals surface area contributed by atoms with Crippen molar-refractivity contribution in [2.75, 3.05) is 11.1 Å². The van der Waals surface area contributed by atoms with Gasteiger partial charge < -0.3 is 8.94 Å². The molecule has 0 aliphatic carbocycles. The molecule has 0 saturated heterocycles. The number of carbonyl (C=O) groups is 1. The second-order valence-corrected chi connectivity index (χ2v) is 6.54. The Bertz CT molecular complexity index is 951. The number of sulfone groups is 1. The summed E-state index contributed by atoms with van der Waals surface area (Å²) in [6, 6.07) is 5.32. The molecule has 0 fully saturated rings. The molecule has 3 aromatic rings. The van der Waals surface area contributed by atoms with Crippen molar-refractivity contribution in [1.29, 1.82) is 0 Å². The summed E-state index contributed by atoms with van der Waals surface area (Å²) in [5, 5.41) is 12.8. The van der Waals surface area contributed by atoms with Crippen LogP contribution in [0.4, 0.5) is 10.4 Å². The van der Waals surface area contributed by atoms with Crippen LogP contribution in [0.2, 0.25) is 0 Å². The molecule has 0 aliphatic heterocycles. The zero-order valence-electron chi connectivity index (χ0n) is 11.8. The first-order valence-corrected chi connectivity index (χ1v) is 8.12. The average molecular weight is 352 g/mol. The Labute approximate surface area is 134 Å². The molecule has 11 heteroatoms. The van der Waals surface area contributed by atoms with Crippen LogP contribution in [0.15, 0.2) is 50.4 Å². The normalized spacial score (nSPS) is 11.4. The van der Waals surface area contributed by atoms with Gasteiger partial charge in [0.2, 0.25) is 11.7 Å². The van der Waals surface area contributed by atoms with Crippen LogP contribution in [0.25, 0.3) is 11.7 Å². The summed E-state index contributed by atoms with van der Waals surface area (Å²) < 4.78 is 46.9. The topological polar surface area (TPSA) is 128 Å². The first-order valence-electron chi connectivity index (χ1n) is 6.47. The van der Waals surface area contributed by atoms with E-state index >= 15 is 0 Å². The number of hydrogen-bond donors (Lipinski definition) is 1. The van der Waals surface area contributed by atoms with Gasteiger partial charge in [0, 0.05) is 6.07 Å². The molecule has 3 rings (SSSR count). The largest absolute Gasteiger partial charge is 0.400 e. The standard InChI is InChI=1S/C13H9FN4O5S/c14-8-1-3-9(4-2-8)24(20,21)7-11(19)16-13-18-17-12(22-13)10-5-6-15-23-10/h1-6H,7H2,(H,16,18,19). The highest BCUT2D eigenvalue weighted by Crippen LogP contribution is 2.19. The number of hydrogen-bond acceptors (Lipinski definition) is 8. The van der Waals surface area contributed by atoms with Crippen molar-refractivity contribution >= 4 is 21.8 Å². The second kappa shape index (κ2) is 6.20. The van der Waals surface area contributed by atoms with E-state index in [0.29, 0.717) is 0 Å². The molecule has 1 amide bonds. The zero-order chi connectivity index (χ0) is 17.2. The number of rotatable bonds is 5. The van der Waals surface area contributed by atoms with Crippen LogP contribution in [0.5, 0.6) is 0 Å². The van der Waals surface area contributed by atoms with Gasteiger partial charge in [0.1, 0.15) is 11.6 Å². The highest BCUT2D eigenvalue weighted by Gasteiger charge is 2.21. The Hall–Kier alpha value is -3.08. The fourth-order valence-corrected chi connectivity index (χ4v) is 2.89. The van der Waals surface area contributed by atoms with E-state index < -0.39 is 27.3 Å². The molecule has 1 N–H and O–H groups in total. The number of amides is 1. The third kappa shape index (κ3) is 3.46. The minimum absolute atomic E-state index is 0.0239. The predicted octanol–water partition coefficient (Wildman–Crippen LogP) is 1.28. The van der Waals surface area contributed by atoms with Crippen molar-refractivity contribution in [3.63, 3.8) is 0 Å². The average Bonchev–Trinajstić information content (AvgIpc) is 3.17. The molecule has 0 saturated carbocycles. The Kier molecular flexibility index (Phi) is 4.08. The number of benzene rings is 1. The van der Waals surface area contributed by atoms with E-state index in [2.05, 4.69) is 20.7 Å². The highest BCUT2D eigenvalue weighted by molar-refractivity contribution is 7.92. The summed E-state index contributed by atoms with van der Waals surface area (Å²) in [6.45, 7) is 0. The summed E-state index contributed by atoms with van der Waals surface area (Å²) in [7, 11) is -3.93. The summed E-state index contributed by atoms with van der Waals surface area (Å²) >= 11 is 0. The maximum absolute atomic E-state index is 12.8. The van der Waals surface area contributed by atoms with E-state index in [-0.39, 0.29) is 22.6 Å². The van der Waals surface area contributed by atoms with Crippen LogP contribution in [0.3, 0.4) is 0 Å². The van der Waals surface area contributed by atoms with Gasteiger partial charge in [-0.2, -0.15) is 0 Å². The number of halogens is 1. The molecular formula is C13H9FN4O5S. The smallest absolute Gasteiger partial charge is 0.322 e. The maximum atomic E-state index is 12.8. The third-order valence-electron chi connectivity index (χ3n) is 2.81. The summed E-state index contributed by atoms with van der Waals surface area (Å²) in [6.07, 6.45) is 1.37. The highest BCUT2D eigenvalue weighted by atomic mass is 32.2. The Morgan fingerprint density at radius 3 is 2.58 bits per heavy atom. The minimum atomic E-state index is -3.93. The van der Waals surface area contributed by atoms with Gasteiger partial charge >= 0.3 is 6.01 Å². The lowest BCUT2D eigenvalue weighted by Gasteiger charge is -2.03. The summed E-state index contributed by atoms with van der Waals surface area (Å²) in [5.41, 5.74) is 0. The predicted molar refractivity (Wildman–Crippen MR) is 76.9 cm³/mol. The van der Waals surface area contributed by atoms with E-state index in [0.717, 1.165) is 24.3 Å². The molecule has 2 heterocycles. The fourth-order valence-electron chi connectivity index (χ4n) is 1.75. The summed E-state index contributed by atoms with van der Waals surface area (Å²) in [5.74, 6) is -2.15. The lowest BCUT2D eigenvalue weighted by atomic mass is 10.4. The van der Waals surface area contributed by atoms with E-state index in [9.17, 15) is 17.6 Å². The SMILES string of the molecule is O=C(CS(=O)(=O)c1ccc(F)cc1)Nc1nnc(-c2ccno2)o1. The van der Waals surface area contributed by atoms with Gasteiger partial charge in [-0.1, -0.05) is 10.3 Å². The summed E-state index contributed by atoms with van der Waals surface area (Å²) in [4.78, 5) is 11.7. The zero-order valence-corrected chi connectivity index (χ0v) is 12.7. The molecule has 0 bridgehead atoms. The first-order chi connectivity index (χ1) is 11.4. The van der Waals surface area contributed by atoms with Crippen molar-refractivity contribution in [3.05, 3.63) is 42.3 Å². The molecular weight excluding hydrogens is 343 g/mol. The van der Waals surface area contributed by atoms with Crippen molar-refractivity contribution < 1.29 is 26.5 Å². The lowest BCUT2D eigenvalue weighted by Crippen LogP contribution is -2.23. The maximum Gasteiger partial charge on any atom is 0.322 e. The van der Waals surface area contributed by atoms with Crippen LogP contribution < -0.4 is 5.32 Å². The van der Waals surface area contributed by atoms with Crippen LogP contribution in [0.1, 0.15) is 0 Å². The quantitative estimate of drug-likeness (QED) is 0.680. The molecule has 0 aliphatic rings. The second-order valence-electron chi connectivity index (χ2n) is 4.55. The molecule has 9 nitrogen and oxygen atoms in total. The van der Waals surface area contributed by atoms with E-state index in [4.69, 9.17) is 8.94 Å².